The summed E-state index contributed by atoms with van der Waals surface area (Å²) in [6.45, 7) is 2.06. The Hall–Kier alpha value is -1.69. The van der Waals surface area contributed by atoms with E-state index in [0.29, 0.717) is 0 Å². The van der Waals surface area contributed by atoms with Crippen LogP contribution in [0.5, 0.6) is 0 Å². The first-order chi connectivity index (χ1) is 10.2. The molecule has 3 rings (SSSR count). The van der Waals surface area contributed by atoms with E-state index < -0.39 is 0 Å². The van der Waals surface area contributed by atoms with E-state index in [4.69, 9.17) is 11.6 Å². The molecule has 3 aromatic rings. The standard InChI is InChI=1S/C15H12ClN3S2/c1-10-2-6-12(7-3-10)17-14-19-15(21-20-14)18-13-8-4-11(16)5-9-13/h2-9H,1H3,(H,17,18,19). The maximum atomic E-state index is 5.87. The SMILES string of the molecule is Cc1ccc(N=c2nc(Nc3ccc(Cl)cc3)ss2)cc1. The van der Waals surface area contributed by atoms with Crippen LogP contribution in [-0.4, -0.2) is 4.98 Å². The fourth-order valence-electron chi connectivity index (χ4n) is 1.68. The predicted octanol–water partition coefficient (Wildman–Crippen LogP) is 5.14. The molecule has 0 aliphatic rings. The average Bonchev–Trinajstić information content (AvgIpc) is 2.91. The Morgan fingerprint density at radius 3 is 2.43 bits per heavy atom. The highest BCUT2D eigenvalue weighted by Crippen LogP contribution is 2.21. The zero-order chi connectivity index (χ0) is 14.7. The van der Waals surface area contributed by atoms with Crippen LogP contribution in [0.3, 0.4) is 0 Å². The summed E-state index contributed by atoms with van der Waals surface area (Å²) in [6, 6.07) is 15.6. The third-order valence-corrected chi connectivity index (χ3v) is 4.94. The Labute approximate surface area is 135 Å². The predicted molar refractivity (Wildman–Crippen MR) is 91.1 cm³/mol. The van der Waals surface area contributed by atoms with Crippen molar-refractivity contribution in [2.45, 2.75) is 6.92 Å². The molecule has 0 aliphatic carbocycles. The first kappa shape index (κ1) is 14.3. The molecule has 0 bridgehead atoms. The van der Waals surface area contributed by atoms with Gasteiger partial charge >= 0.3 is 0 Å². The highest BCUT2D eigenvalue weighted by atomic mass is 35.5. The molecule has 0 fully saturated rings. The lowest BCUT2D eigenvalue weighted by atomic mass is 10.2. The third-order valence-electron chi connectivity index (χ3n) is 2.75. The zero-order valence-corrected chi connectivity index (χ0v) is 13.6. The number of nitrogens with zero attached hydrogens (tertiary/aromatic N) is 2. The van der Waals surface area contributed by atoms with Gasteiger partial charge in [-0.1, -0.05) is 29.3 Å². The normalized spacial score (nSPS) is 11.6. The average molecular weight is 334 g/mol. The Bertz CT molecular complexity index is 789. The summed E-state index contributed by atoms with van der Waals surface area (Å²) in [7, 11) is 3.11. The van der Waals surface area contributed by atoms with Crippen LogP contribution in [0, 0.1) is 6.92 Å². The number of aromatic nitrogens is 1. The van der Waals surface area contributed by atoms with Crippen molar-refractivity contribution in [2.75, 3.05) is 5.32 Å². The van der Waals surface area contributed by atoms with Gasteiger partial charge in [0.25, 0.3) is 0 Å². The van der Waals surface area contributed by atoms with Crippen LogP contribution in [0.15, 0.2) is 53.5 Å². The lowest BCUT2D eigenvalue weighted by Gasteiger charge is -2.00. The summed E-state index contributed by atoms with van der Waals surface area (Å²) in [4.78, 5) is 9.74. The fraction of sp³-hybridized carbons (Fsp3) is 0.0667. The molecule has 1 N–H and O–H groups in total. The van der Waals surface area contributed by atoms with Gasteiger partial charge in [0.2, 0.25) is 4.80 Å². The van der Waals surface area contributed by atoms with Crippen LogP contribution < -0.4 is 10.1 Å². The highest BCUT2D eigenvalue weighted by Gasteiger charge is 2.00. The van der Waals surface area contributed by atoms with E-state index in [1.165, 1.54) is 5.56 Å². The quantitative estimate of drug-likeness (QED) is 0.673. The van der Waals surface area contributed by atoms with Gasteiger partial charge in [-0.2, -0.15) is 4.98 Å². The Morgan fingerprint density at radius 2 is 1.71 bits per heavy atom. The summed E-state index contributed by atoms with van der Waals surface area (Å²) in [5, 5.41) is 4.79. The van der Waals surface area contributed by atoms with Crippen LogP contribution in [0.2, 0.25) is 5.02 Å². The second-order valence-corrected chi connectivity index (χ2v) is 6.97. The Balaban J connectivity index is 1.79. The Kier molecular flexibility index (Phi) is 4.34. The second-order valence-electron chi connectivity index (χ2n) is 4.45. The van der Waals surface area contributed by atoms with E-state index in [2.05, 4.69) is 22.2 Å². The molecule has 0 aliphatic heterocycles. The number of aryl methyl sites for hydroxylation is 1. The van der Waals surface area contributed by atoms with Gasteiger partial charge < -0.3 is 5.32 Å². The number of rotatable bonds is 3. The molecule has 0 saturated carbocycles. The number of hydrogen-bond donors (Lipinski definition) is 1. The minimum Gasteiger partial charge on any atom is -0.331 e. The van der Waals surface area contributed by atoms with Gasteiger partial charge in [0.05, 0.1) is 5.69 Å². The summed E-state index contributed by atoms with van der Waals surface area (Å²) >= 11 is 5.87. The van der Waals surface area contributed by atoms with E-state index in [-0.39, 0.29) is 0 Å². The largest absolute Gasteiger partial charge is 0.331 e. The summed E-state index contributed by atoms with van der Waals surface area (Å²) in [6.07, 6.45) is 0. The molecule has 2 aromatic carbocycles. The van der Waals surface area contributed by atoms with Crippen molar-refractivity contribution in [3.63, 3.8) is 0 Å². The van der Waals surface area contributed by atoms with Gasteiger partial charge in [-0.3, -0.25) is 0 Å². The van der Waals surface area contributed by atoms with Gasteiger partial charge in [-0.15, -0.1) is 0 Å². The minimum absolute atomic E-state index is 0.720. The summed E-state index contributed by atoms with van der Waals surface area (Å²) in [5.41, 5.74) is 3.10. The summed E-state index contributed by atoms with van der Waals surface area (Å²) in [5.74, 6) is 0. The fourth-order valence-corrected chi connectivity index (χ4v) is 3.49. The van der Waals surface area contributed by atoms with Crippen LogP contribution in [0.1, 0.15) is 5.56 Å². The van der Waals surface area contributed by atoms with Gasteiger partial charge in [-0.25, -0.2) is 4.99 Å². The molecule has 1 aromatic heterocycles. The molecule has 21 heavy (non-hydrogen) atoms. The topological polar surface area (TPSA) is 37.3 Å². The van der Waals surface area contributed by atoms with E-state index in [0.717, 1.165) is 26.3 Å². The van der Waals surface area contributed by atoms with Crippen LogP contribution in [0.4, 0.5) is 16.5 Å². The lowest BCUT2D eigenvalue weighted by Crippen LogP contribution is -1.98. The van der Waals surface area contributed by atoms with Gasteiger partial charge in [0, 0.05) is 10.7 Å². The smallest absolute Gasteiger partial charge is 0.222 e. The number of halogens is 1. The number of hydrogen-bond acceptors (Lipinski definition) is 5. The number of nitrogens with one attached hydrogen (secondary N) is 1. The summed E-state index contributed by atoms with van der Waals surface area (Å²) < 4.78 is 0. The molecule has 0 spiro atoms. The van der Waals surface area contributed by atoms with E-state index in [1.807, 2.05) is 48.5 Å². The van der Waals surface area contributed by atoms with Gasteiger partial charge in [-0.05, 0) is 64.0 Å². The van der Waals surface area contributed by atoms with Crippen molar-refractivity contribution in [1.82, 2.24) is 4.98 Å². The van der Waals surface area contributed by atoms with Crippen molar-refractivity contribution in [1.29, 1.82) is 0 Å². The van der Waals surface area contributed by atoms with E-state index in [1.54, 1.807) is 20.7 Å². The highest BCUT2D eigenvalue weighted by molar-refractivity contribution is 7.69. The van der Waals surface area contributed by atoms with Crippen LogP contribution >= 0.6 is 32.3 Å². The van der Waals surface area contributed by atoms with Gasteiger partial charge in [0.15, 0.2) is 5.13 Å². The zero-order valence-electron chi connectivity index (χ0n) is 11.2. The molecular formula is C15H12ClN3S2. The van der Waals surface area contributed by atoms with Crippen molar-refractivity contribution >= 4 is 48.8 Å². The van der Waals surface area contributed by atoms with Crippen molar-refractivity contribution < 1.29 is 0 Å². The molecule has 0 saturated heterocycles. The molecular weight excluding hydrogens is 322 g/mol. The monoisotopic (exact) mass is 333 g/mol. The van der Waals surface area contributed by atoms with E-state index >= 15 is 0 Å². The van der Waals surface area contributed by atoms with Crippen LogP contribution in [0.25, 0.3) is 0 Å². The first-order valence-corrected chi connectivity index (χ1v) is 8.83. The van der Waals surface area contributed by atoms with Gasteiger partial charge in [0.1, 0.15) is 0 Å². The molecule has 106 valence electrons. The maximum absolute atomic E-state index is 5.87. The maximum Gasteiger partial charge on any atom is 0.222 e. The van der Waals surface area contributed by atoms with Crippen molar-refractivity contribution in [3.05, 3.63) is 63.9 Å². The van der Waals surface area contributed by atoms with Crippen LogP contribution in [-0.2, 0) is 0 Å². The number of benzene rings is 2. The molecule has 3 nitrogen and oxygen atoms in total. The van der Waals surface area contributed by atoms with Crippen molar-refractivity contribution in [2.24, 2.45) is 4.99 Å². The molecule has 6 heteroatoms. The Morgan fingerprint density at radius 1 is 1.00 bits per heavy atom. The molecule has 0 atom stereocenters. The second kappa shape index (κ2) is 6.39. The molecule has 0 unspecified atom stereocenters. The first-order valence-electron chi connectivity index (χ1n) is 6.30. The third kappa shape index (κ3) is 3.91. The van der Waals surface area contributed by atoms with E-state index in [9.17, 15) is 0 Å². The number of anilines is 2. The molecule has 0 radical (unpaired) electrons. The molecule has 0 amide bonds. The van der Waals surface area contributed by atoms with Crippen molar-refractivity contribution in [3.8, 4) is 0 Å². The molecule has 1 heterocycles. The minimum atomic E-state index is 0.720. The lowest BCUT2D eigenvalue weighted by molar-refractivity contribution is 1.23.